The summed E-state index contributed by atoms with van der Waals surface area (Å²) < 4.78 is 87.1. The molecule has 2 aromatic heterocycles. The highest BCUT2D eigenvalue weighted by atomic mass is 32.2. The number of carbonyl (C=O) groups is 2. The lowest BCUT2D eigenvalue weighted by Crippen LogP contribution is -2.40. The lowest BCUT2D eigenvalue weighted by molar-refractivity contribution is -0.158. The molecule has 61 heavy (non-hydrogen) atoms. The van der Waals surface area contributed by atoms with Crippen molar-refractivity contribution >= 4 is 58.7 Å². The van der Waals surface area contributed by atoms with Crippen LogP contribution in [0.25, 0.3) is 10.3 Å². The van der Waals surface area contributed by atoms with Crippen molar-refractivity contribution in [2.24, 2.45) is 0 Å². The molecule has 2 atom stereocenters. The first-order valence-electron chi connectivity index (χ1n) is 20.1. The Kier molecular flexibility index (Phi) is 15.4. The molecule has 4 fully saturated rings. The second-order valence-corrected chi connectivity index (χ2v) is 19.4. The number of amides is 1. The maximum atomic E-state index is 13.3. The molecule has 4 aliphatic heterocycles. The number of thiazole rings is 1. The smallest absolute Gasteiger partial charge is 0.337 e. The zero-order valence-electron chi connectivity index (χ0n) is 33.3. The van der Waals surface area contributed by atoms with E-state index >= 15 is 0 Å². The van der Waals surface area contributed by atoms with Gasteiger partial charge in [0.25, 0.3) is 5.91 Å². The van der Waals surface area contributed by atoms with Crippen LogP contribution in [0.15, 0.2) is 76.7 Å². The van der Waals surface area contributed by atoms with Gasteiger partial charge in [-0.15, -0.1) is 0 Å². The molecular weight excluding hydrogens is 855 g/mol. The first-order chi connectivity index (χ1) is 29.5. The van der Waals surface area contributed by atoms with E-state index in [1.54, 1.807) is 24.4 Å². The second-order valence-electron chi connectivity index (χ2n) is 14.5. The second kappa shape index (κ2) is 20.9. The van der Waals surface area contributed by atoms with Gasteiger partial charge in [-0.3, -0.25) is 10.1 Å². The number of nitrogens with one attached hydrogen (secondary N) is 1. The monoisotopic (exact) mass is 903 g/mol. The molecule has 0 spiro atoms. The van der Waals surface area contributed by atoms with E-state index in [1.807, 2.05) is 6.07 Å². The Morgan fingerprint density at radius 2 is 1.11 bits per heavy atom. The standard InChI is InChI=1S/C23H26N4O6S2.C17H23NO7S/c28-21(26-23-25-19-2-1-9-24-22(19)34-23)20(33-17-7-12-31-13-8-17)16-3-5-18(6-4-16)35(29,30)27-10-14-32-15-11-27;19-17(20)16(25-14-5-9-23-10-6-14)13-1-3-15(4-2-13)26(21,22)18-7-11-24-12-8-18/h1-6,9,17,20H,7-8,10-15H2,(H,25,26,28);1-4,14,16H,5-12H2,(H,19,20). The number of carboxylic acids is 1. The Hall–Kier alpha value is -4.00. The number of nitrogens with zero attached hydrogens (tertiary/aromatic N) is 4. The molecule has 0 saturated carbocycles. The van der Waals surface area contributed by atoms with E-state index in [9.17, 15) is 31.5 Å². The van der Waals surface area contributed by atoms with Crippen molar-refractivity contribution in [2.45, 2.75) is 59.9 Å². The summed E-state index contributed by atoms with van der Waals surface area (Å²) in [6, 6.07) is 15.8. The third-order valence-electron chi connectivity index (χ3n) is 10.4. The van der Waals surface area contributed by atoms with Gasteiger partial charge in [-0.25, -0.2) is 31.6 Å². The maximum Gasteiger partial charge on any atom is 0.337 e. The minimum Gasteiger partial charge on any atom is -0.479 e. The van der Waals surface area contributed by atoms with Crippen LogP contribution in [0.2, 0.25) is 0 Å². The van der Waals surface area contributed by atoms with Crippen LogP contribution in [0.4, 0.5) is 5.13 Å². The fourth-order valence-electron chi connectivity index (χ4n) is 7.08. The molecule has 18 nitrogen and oxygen atoms in total. The molecule has 8 rings (SSSR count). The number of morpholine rings is 2. The van der Waals surface area contributed by atoms with Gasteiger partial charge >= 0.3 is 5.97 Å². The molecule has 4 saturated heterocycles. The first kappa shape index (κ1) is 45.0. The molecular formula is C40H49N5O13S3. The van der Waals surface area contributed by atoms with Gasteiger partial charge in [0.2, 0.25) is 20.0 Å². The Morgan fingerprint density at radius 3 is 1.57 bits per heavy atom. The Balaban J connectivity index is 0.000000193. The fraction of sp³-hybridized carbons (Fsp3) is 0.500. The van der Waals surface area contributed by atoms with Crippen LogP contribution < -0.4 is 5.32 Å². The number of benzene rings is 2. The Morgan fingerprint density at radius 1 is 0.672 bits per heavy atom. The third kappa shape index (κ3) is 11.5. The van der Waals surface area contributed by atoms with Crippen LogP contribution in [0.5, 0.6) is 0 Å². The molecule has 1 amide bonds. The van der Waals surface area contributed by atoms with Crippen LogP contribution in [0.3, 0.4) is 0 Å². The highest BCUT2D eigenvalue weighted by molar-refractivity contribution is 7.89. The molecule has 2 unspecified atom stereocenters. The van der Waals surface area contributed by atoms with Crippen LogP contribution in [0.1, 0.15) is 49.0 Å². The van der Waals surface area contributed by atoms with E-state index in [4.69, 9.17) is 28.4 Å². The zero-order chi connectivity index (χ0) is 42.8. The lowest BCUT2D eigenvalue weighted by atomic mass is 10.1. The molecule has 21 heteroatoms. The summed E-state index contributed by atoms with van der Waals surface area (Å²) in [4.78, 5) is 34.7. The molecule has 0 aliphatic carbocycles. The van der Waals surface area contributed by atoms with Crippen molar-refractivity contribution in [1.82, 2.24) is 18.6 Å². The van der Waals surface area contributed by atoms with Crippen LogP contribution in [-0.2, 0) is 58.1 Å². The minimum atomic E-state index is -3.64. The van der Waals surface area contributed by atoms with Gasteiger partial charge in [0.1, 0.15) is 10.3 Å². The normalized spacial score (nSPS) is 20.0. The molecule has 0 radical (unpaired) electrons. The molecule has 2 aromatic carbocycles. The number of carboxylic acid groups (broad SMARTS) is 1. The highest BCUT2D eigenvalue weighted by Crippen LogP contribution is 2.30. The van der Waals surface area contributed by atoms with Crippen molar-refractivity contribution in [3.8, 4) is 0 Å². The van der Waals surface area contributed by atoms with Gasteiger partial charge < -0.3 is 33.5 Å². The van der Waals surface area contributed by atoms with Gasteiger partial charge in [-0.05, 0) is 73.2 Å². The van der Waals surface area contributed by atoms with Crippen LogP contribution in [0, 0.1) is 0 Å². The first-order valence-corrected chi connectivity index (χ1v) is 23.8. The maximum absolute atomic E-state index is 13.3. The Labute approximate surface area is 358 Å². The third-order valence-corrected chi connectivity index (χ3v) is 15.2. The summed E-state index contributed by atoms with van der Waals surface area (Å²) in [6.07, 6.45) is 1.94. The van der Waals surface area contributed by atoms with Crippen molar-refractivity contribution < 1.29 is 60.0 Å². The summed E-state index contributed by atoms with van der Waals surface area (Å²) in [5, 5.41) is 12.8. The molecule has 6 heterocycles. The number of hydrogen-bond donors (Lipinski definition) is 2. The molecule has 2 N–H and O–H groups in total. The summed E-state index contributed by atoms with van der Waals surface area (Å²) in [7, 11) is -7.24. The molecule has 0 bridgehead atoms. The number of rotatable bonds is 13. The number of fused-ring (bicyclic) bond motifs is 1. The molecule has 330 valence electrons. The lowest BCUT2D eigenvalue weighted by Gasteiger charge is -2.28. The fourth-order valence-corrected chi connectivity index (χ4v) is 10.7. The van der Waals surface area contributed by atoms with Crippen molar-refractivity contribution in [3.63, 3.8) is 0 Å². The number of sulfonamides is 2. The Bertz CT molecular complexity index is 2260. The highest BCUT2D eigenvalue weighted by Gasteiger charge is 2.32. The predicted molar refractivity (Wildman–Crippen MR) is 221 cm³/mol. The largest absolute Gasteiger partial charge is 0.479 e. The number of hydrogen-bond acceptors (Lipinski definition) is 15. The SMILES string of the molecule is O=C(Nc1nc2cccnc2s1)C(OC1CCOCC1)c1ccc(S(=O)(=O)N2CCOCC2)cc1.O=C(O)C(OC1CCOCC1)c1ccc(S(=O)(=O)N2CCOCC2)cc1. The summed E-state index contributed by atoms with van der Waals surface area (Å²) in [5.41, 5.74) is 1.69. The van der Waals surface area contributed by atoms with Crippen LogP contribution in [-0.4, -0.2) is 144 Å². The van der Waals surface area contributed by atoms with Gasteiger partial charge in [-0.1, -0.05) is 35.6 Å². The van der Waals surface area contributed by atoms with Crippen molar-refractivity contribution in [2.75, 3.05) is 84.4 Å². The number of aliphatic carboxylic acids is 1. The minimum absolute atomic E-state index is 0.137. The predicted octanol–water partition coefficient (Wildman–Crippen LogP) is 3.62. The van der Waals surface area contributed by atoms with Gasteiger partial charge in [0.05, 0.1) is 48.4 Å². The van der Waals surface area contributed by atoms with Gasteiger partial charge in [-0.2, -0.15) is 8.61 Å². The number of aromatic nitrogens is 2. The summed E-state index contributed by atoms with van der Waals surface area (Å²) in [5.74, 6) is -1.47. The van der Waals surface area contributed by atoms with E-state index in [-0.39, 0.29) is 27.9 Å². The average molecular weight is 904 g/mol. The number of ether oxygens (including phenoxy) is 6. The topological polar surface area (TPSA) is 222 Å². The van der Waals surface area contributed by atoms with E-state index in [0.29, 0.717) is 126 Å². The van der Waals surface area contributed by atoms with Gasteiger partial charge in [0, 0.05) is 58.8 Å². The number of anilines is 1. The summed E-state index contributed by atoms with van der Waals surface area (Å²) in [6.45, 7) is 5.00. The molecule has 4 aromatic rings. The van der Waals surface area contributed by atoms with E-state index in [1.165, 1.54) is 56.3 Å². The number of carbonyl (C=O) groups excluding carboxylic acids is 1. The van der Waals surface area contributed by atoms with Crippen molar-refractivity contribution in [3.05, 3.63) is 78.0 Å². The van der Waals surface area contributed by atoms with E-state index in [0.717, 1.165) is 4.83 Å². The van der Waals surface area contributed by atoms with Crippen molar-refractivity contribution in [1.29, 1.82) is 0 Å². The zero-order valence-corrected chi connectivity index (χ0v) is 35.8. The number of pyridine rings is 1. The van der Waals surface area contributed by atoms with Crippen LogP contribution >= 0.6 is 11.3 Å². The summed E-state index contributed by atoms with van der Waals surface area (Å²) >= 11 is 1.28. The van der Waals surface area contributed by atoms with E-state index < -0.39 is 38.2 Å². The average Bonchev–Trinajstić information content (AvgIpc) is 3.71. The van der Waals surface area contributed by atoms with E-state index in [2.05, 4.69) is 15.3 Å². The molecule has 4 aliphatic rings. The quantitative estimate of drug-likeness (QED) is 0.196. The van der Waals surface area contributed by atoms with Gasteiger partial charge in [0.15, 0.2) is 17.3 Å².